The topological polar surface area (TPSA) is 90.5 Å². The minimum Gasteiger partial charge on any atom is -0.465 e. The molecule has 6 nitrogen and oxygen atoms in total. The van der Waals surface area contributed by atoms with E-state index < -0.39 is 18.0 Å². The van der Waals surface area contributed by atoms with Crippen molar-refractivity contribution in [3.8, 4) is 0 Å². The summed E-state index contributed by atoms with van der Waals surface area (Å²) >= 11 is 0. The third-order valence-corrected chi connectivity index (χ3v) is 3.15. The van der Waals surface area contributed by atoms with Gasteiger partial charge in [-0.05, 0) is 31.9 Å². The van der Waals surface area contributed by atoms with Crippen molar-refractivity contribution in [1.82, 2.24) is 5.32 Å². The van der Waals surface area contributed by atoms with E-state index in [1.54, 1.807) is 0 Å². The molecule has 1 aliphatic rings. The molecule has 1 atom stereocenters. The fraction of sp³-hybridized carbons (Fsp3) is 0.385. The predicted molar refractivity (Wildman–Crippen MR) is 72.5 cm³/mol. The van der Waals surface area contributed by atoms with Gasteiger partial charge in [0, 0.05) is 12.1 Å². The van der Waals surface area contributed by atoms with E-state index in [9.17, 15) is 14.0 Å². The van der Waals surface area contributed by atoms with E-state index in [2.05, 4.69) is 16.0 Å². The van der Waals surface area contributed by atoms with Crippen LogP contribution in [0.1, 0.15) is 18.9 Å². The Morgan fingerprint density at radius 1 is 1.45 bits per heavy atom. The smallest absolute Gasteiger partial charge is 0.405 e. The van der Waals surface area contributed by atoms with Crippen molar-refractivity contribution in [3.63, 3.8) is 0 Å². The number of carboxylic acid groups (broad SMARTS) is 1. The van der Waals surface area contributed by atoms with Crippen LogP contribution in [0.4, 0.5) is 20.6 Å². The van der Waals surface area contributed by atoms with Crippen molar-refractivity contribution in [3.05, 3.63) is 23.5 Å². The molecular weight excluding hydrogens is 265 g/mol. The lowest BCUT2D eigenvalue weighted by atomic mass is 10.0. The summed E-state index contributed by atoms with van der Waals surface area (Å²) in [7, 11) is 0. The fourth-order valence-corrected chi connectivity index (χ4v) is 2.14. The molecule has 4 N–H and O–H groups in total. The van der Waals surface area contributed by atoms with Crippen molar-refractivity contribution < 1.29 is 19.1 Å². The van der Waals surface area contributed by atoms with E-state index in [-0.39, 0.29) is 5.82 Å². The summed E-state index contributed by atoms with van der Waals surface area (Å²) < 4.78 is 13.7. The lowest BCUT2D eigenvalue weighted by molar-refractivity contribution is -0.117. The maximum Gasteiger partial charge on any atom is 0.405 e. The number of anilines is 2. The molecular formula is C13H16FN3O3. The summed E-state index contributed by atoms with van der Waals surface area (Å²) in [6.45, 7) is 2.15. The zero-order valence-corrected chi connectivity index (χ0v) is 11.0. The van der Waals surface area contributed by atoms with Gasteiger partial charge >= 0.3 is 6.09 Å². The maximum absolute atomic E-state index is 13.7. The first-order chi connectivity index (χ1) is 9.49. The third kappa shape index (κ3) is 2.98. The van der Waals surface area contributed by atoms with E-state index in [0.717, 1.165) is 6.42 Å². The second-order valence-corrected chi connectivity index (χ2v) is 4.64. The molecule has 2 rings (SSSR count). The van der Waals surface area contributed by atoms with Crippen molar-refractivity contribution in [1.29, 1.82) is 0 Å². The van der Waals surface area contributed by atoms with Gasteiger partial charge in [-0.15, -0.1) is 0 Å². The molecule has 0 saturated carbocycles. The van der Waals surface area contributed by atoms with Crippen LogP contribution in [0, 0.1) is 5.82 Å². The van der Waals surface area contributed by atoms with Crippen LogP contribution < -0.4 is 16.0 Å². The SMILES string of the molecule is C[C@H](NC(=O)O)C(=O)Nc1ccc(F)c2c1NCCC2. The predicted octanol–water partition coefficient (Wildman–Crippen LogP) is 1.78. The molecule has 1 aliphatic heterocycles. The number of benzene rings is 1. The van der Waals surface area contributed by atoms with Crippen LogP contribution >= 0.6 is 0 Å². The van der Waals surface area contributed by atoms with Crippen LogP contribution in [0.25, 0.3) is 0 Å². The largest absolute Gasteiger partial charge is 0.465 e. The Balaban J connectivity index is 2.17. The van der Waals surface area contributed by atoms with Crippen LogP contribution in [0.5, 0.6) is 0 Å². The number of rotatable bonds is 3. The molecule has 0 saturated heterocycles. The minimum absolute atomic E-state index is 0.304. The molecule has 1 heterocycles. The Morgan fingerprint density at radius 3 is 2.90 bits per heavy atom. The molecule has 0 aromatic heterocycles. The number of fused-ring (bicyclic) bond motifs is 1. The second-order valence-electron chi connectivity index (χ2n) is 4.64. The zero-order valence-electron chi connectivity index (χ0n) is 11.0. The van der Waals surface area contributed by atoms with Gasteiger partial charge in [0.15, 0.2) is 0 Å². The molecule has 20 heavy (non-hydrogen) atoms. The summed E-state index contributed by atoms with van der Waals surface area (Å²) in [6, 6.07) is 1.88. The number of carbonyl (C=O) groups is 2. The maximum atomic E-state index is 13.7. The number of carbonyl (C=O) groups excluding carboxylic acids is 1. The van der Waals surface area contributed by atoms with Gasteiger partial charge in [-0.2, -0.15) is 0 Å². The quantitative estimate of drug-likeness (QED) is 0.679. The van der Waals surface area contributed by atoms with Gasteiger partial charge in [-0.1, -0.05) is 0 Å². The summed E-state index contributed by atoms with van der Waals surface area (Å²) in [4.78, 5) is 22.4. The molecule has 7 heteroatoms. The molecule has 2 amide bonds. The standard InChI is InChI=1S/C13H16FN3O3/c1-7(16-13(19)20)12(18)17-10-5-4-9(14)8-3-2-6-15-11(8)10/h4-5,7,15-16H,2-3,6H2,1H3,(H,17,18)(H,19,20)/t7-/m0/s1. The molecule has 0 unspecified atom stereocenters. The highest BCUT2D eigenvalue weighted by atomic mass is 19.1. The number of hydrogen-bond donors (Lipinski definition) is 4. The first kappa shape index (κ1) is 14.1. The van der Waals surface area contributed by atoms with Crippen molar-refractivity contribution in [2.45, 2.75) is 25.8 Å². The van der Waals surface area contributed by atoms with E-state index in [1.807, 2.05) is 0 Å². The monoisotopic (exact) mass is 281 g/mol. The first-order valence-electron chi connectivity index (χ1n) is 6.34. The van der Waals surface area contributed by atoms with Crippen LogP contribution in [0.15, 0.2) is 12.1 Å². The second kappa shape index (κ2) is 5.77. The zero-order chi connectivity index (χ0) is 14.7. The van der Waals surface area contributed by atoms with Crippen molar-refractivity contribution in [2.75, 3.05) is 17.2 Å². The highest BCUT2D eigenvalue weighted by molar-refractivity contribution is 5.99. The van der Waals surface area contributed by atoms with Crippen molar-refractivity contribution in [2.24, 2.45) is 0 Å². The van der Waals surface area contributed by atoms with Gasteiger partial charge in [0.05, 0.1) is 11.4 Å². The molecule has 1 aromatic rings. The first-order valence-corrected chi connectivity index (χ1v) is 6.34. The van der Waals surface area contributed by atoms with Gasteiger partial charge in [0.25, 0.3) is 0 Å². The fourth-order valence-electron chi connectivity index (χ4n) is 2.14. The van der Waals surface area contributed by atoms with Crippen molar-refractivity contribution >= 4 is 23.4 Å². The number of nitrogens with one attached hydrogen (secondary N) is 3. The van der Waals surface area contributed by atoms with Gasteiger partial charge in [0.1, 0.15) is 11.9 Å². The normalized spacial score (nSPS) is 14.7. The van der Waals surface area contributed by atoms with E-state index in [0.29, 0.717) is 29.9 Å². The summed E-state index contributed by atoms with van der Waals surface area (Å²) in [6.07, 6.45) is 0.172. The van der Waals surface area contributed by atoms with Crippen LogP contribution in [0.2, 0.25) is 0 Å². The van der Waals surface area contributed by atoms with E-state index in [4.69, 9.17) is 5.11 Å². The Kier molecular flexibility index (Phi) is 4.07. The lowest BCUT2D eigenvalue weighted by Gasteiger charge is -2.22. The Bertz CT molecular complexity index is 548. The average Bonchev–Trinajstić information content (AvgIpc) is 2.41. The molecule has 0 bridgehead atoms. The van der Waals surface area contributed by atoms with Crippen LogP contribution in [-0.4, -0.2) is 29.7 Å². The van der Waals surface area contributed by atoms with Gasteiger partial charge in [-0.25, -0.2) is 9.18 Å². The van der Waals surface area contributed by atoms with E-state index in [1.165, 1.54) is 19.1 Å². The van der Waals surface area contributed by atoms with Crippen LogP contribution in [-0.2, 0) is 11.2 Å². The number of amides is 2. The van der Waals surface area contributed by atoms with Gasteiger partial charge < -0.3 is 21.1 Å². The van der Waals surface area contributed by atoms with E-state index >= 15 is 0 Å². The summed E-state index contributed by atoms with van der Waals surface area (Å²) in [5.74, 6) is -0.796. The Labute approximate surface area is 115 Å². The molecule has 108 valence electrons. The summed E-state index contributed by atoms with van der Waals surface area (Å²) in [5, 5.41) is 16.3. The molecule has 0 radical (unpaired) electrons. The number of hydrogen-bond acceptors (Lipinski definition) is 3. The minimum atomic E-state index is -1.27. The summed E-state index contributed by atoms with van der Waals surface area (Å²) in [5.41, 5.74) is 1.59. The molecule has 0 aliphatic carbocycles. The Hall–Kier alpha value is -2.31. The Morgan fingerprint density at radius 2 is 2.20 bits per heavy atom. The van der Waals surface area contributed by atoms with Crippen LogP contribution in [0.3, 0.4) is 0 Å². The lowest BCUT2D eigenvalue weighted by Crippen LogP contribution is -2.41. The number of halogens is 1. The molecule has 1 aromatic carbocycles. The third-order valence-electron chi connectivity index (χ3n) is 3.15. The van der Waals surface area contributed by atoms with Gasteiger partial charge in [0.2, 0.25) is 5.91 Å². The average molecular weight is 281 g/mol. The molecule has 0 spiro atoms. The molecule has 0 fully saturated rings. The van der Waals surface area contributed by atoms with Gasteiger partial charge in [-0.3, -0.25) is 4.79 Å². The highest BCUT2D eigenvalue weighted by Crippen LogP contribution is 2.32. The highest BCUT2D eigenvalue weighted by Gasteiger charge is 2.20.